The fraction of sp³-hybridized carbons (Fsp3) is 0.400. The van der Waals surface area contributed by atoms with Crippen molar-refractivity contribution in [3.8, 4) is 0 Å². The van der Waals surface area contributed by atoms with Gasteiger partial charge in [-0.05, 0) is 5.04 Å². The summed E-state index contributed by atoms with van der Waals surface area (Å²) in [6.45, 7) is 3.55. The summed E-state index contributed by atoms with van der Waals surface area (Å²) in [6.07, 6.45) is 0. The molecule has 0 unspecified atom stereocenters. The molecular weight excluding hydrogens is 443 g/mol. The van der Waals surface area contributed by atoms with E-state index in [0.29, 0.717) is 10.4 Å². The van der Waals surface area contributed by atoms with E-state index < -0.39 is 47.3 Å². The van der Waals surface area contributed by atoms with Crippen LogP contribution in [0.5, 0.6) is 0 Å². The van der Waals surface area contributed by atoms with Gasteiger partial charge >= 0.3 is 15.6 Å². The van der Waals surface area contributed by atoms with Gasteiger partial charge in [-0.2, -0.15) is 21.6 Å². The van der Waals surface area contributed by atoms with Crippen LogP contribution in [0.25, 0.3) is 0 Å². The molecule has 30 heavy (non-hydrogen) atoms. The van der Waals surface area contributed by atoms with E-state index >= 15 is 8.78 Å². The van der Waals surface area contributed by atoms with E-state index in [1.165, 1.54) is 0 Å². The average Bonchev–Trinajstić information content (AvgIpc) is 2.64. The fourth-order valence-corrected chi connectivity index (χ4v) is 9.48. The molecule has 0 aromatic heterocycles. The lowest BCUT2D eigenvalue weighted by atomic mass is 10.2. The molecule has 2 rings (SSSR count). The largest absolute Gasteiger partial charge is 0.523 e. The van der Waals surface area contributed by atoms with Crippen LogP contribution in [0.3, 0.4) is 0 Å². The number of hydrogen-bond acceptors (Lipinski definition) is 3. The predicted octanol–water partition coefficient (Wildman–Crippen LogP) is 4.55. The van der Waals surface area contributed by atoms with Crippen molar-refractivity contribution >= 4 is 28.6 Å². The zero-order valence-electron chi connectivity index (χ0n) is 16.7. The molecule has 0 spiro atoms. The SMILES string of the molecule is CC(C)(C)[Si](CC(F)(F)COS(=O)(=O)C(F)(F)F)(c1ccccc1)c1ccccc1. The molecule has 0 N–H and O–H groups in total. The maximum absolute atomic E-state index is 15.0. The molecule has 0 amide bonds. The third-order valence-corrected chi connectivity index (χ3v) is 12.3. The van der Waals surface area contributed by atoms with Crippen LogP contribution < -0.4 is 10.4 Å². The molecule has 3 nitrogen and oxygen atoms in total. The Bertz CT molecular complexity index is 900. The fourth-order valence-electron chi connectivity index (χ4n) is 3.62. The van der Waals surface area contributed by atoms with E-state index in [1.54, 1.807) is 60.7 Å². The second kappa shape index (κ2) is 8.39. The van der Waals surface area contributed by atoms with Gasteiger partial charge in [-0.3, -0.25) is 4.18 Å². The third kappa shape index (κ3) is 5.09. The van der Waals surface area contributed by atoms with Crippen molar-refractivity contribution < 1.29 is 34.6 Å². The number of hydrogen-bond donors (Lipinski definition) is 0. The molecule has 0 atom stereocenters. The van der Waals surface area contributed by atoms with Gasteiger partial charge in [-0.25, -0.2) is 8.78 Å². The van der Waals surface area contributed by atoms with Gasteiger partial charge in [0.05, 0.1) is 0 Å². The topological polar surface area (TPSA) is 43.4 Å². The lowest BCUT2D eigenvalue weighted by Crippen LogP contribution is -2.66. The van der Waals surface area contributed by atoms with Crippen LogP contribution in [0.4, 0.5) is 22.0 Å². The highest BCUT2D eigenvalue weighted by atomic mass is 32.2. The summed E-state index contributed by atoms with van der Waals surface area (Å²) in [6, 6.07) is 16.5. The van der Waals surface area contributed by atoms with Crippen molar-refractivity contribution in [3.05, 3.63) is 60.7 Å². The molecule has 0 saturated carbocycles. The standard InChI is InChI=1S/C20H23F5O3SSi/c1-18(2,3)30(16-10-6-4-7-11-16,17-12-8-5-9-13-17)15-19(21,22)14-28-29(26,27)20(23,24)25/h4-13H,14-15H2,1-3H3. The highest BCUT2D eigenvalue weighted by Gasteiger charge is 2.55. The highest BCUT2D eigenvalue weighted by molar-refractivity contribution is 7.87. The summed E-state index contributed by atoms with van der Waals surface area (Å²) in [5.74, 6) is -3.82. The van der Waals surface area contributed by atoms with E-state index in [0.717, 1.165) is 0 Å². The van der Waals surface area contributed by atoms with Gasteiger partial charge in [0.25, 0.3) is 5.92 Å². The van der Waals surface area contributed by atoms with Gasteiger partial charge in [0.2, 0.25) is 0 Å². The number of alkyl halides is 5. The van der Waals surface area contributed by atoms with E-state index in [1.807, 2.05) is 20.8 Å². The first-order valence-electron chi connectivity index (χ1n) is 9.07. The van der Waals surface area contributed by atoms with Crippen molar-refractivity contribution in [2.24, 2.45) is 0 Å². The molecule has 0 bridgehead atoms. The Morgan fingerprint density at radius 2 is 1.20 bits per heavy atom. The molecule has 0 radical (unpaired) electrons. The molecule has 0 fully saturated rings. The second-order valence-electron chi connectivity index (χ2n) is 8.08. The maximum Gasteiger partial charge on any atom is 0.523 e. The summed E-state index contributed by atoms with van der Waals surface area (Å²) in [7, 11) is -9.45. The van der Waals surface area contributed by atoms with Gasteiger partial charge in [0.1, 0.15) is 14.7 Å². The Balaban J connectivity index is 2.56. The van der Waals surface area contributed by atoms with Crippen LogP contribution in [0.1, 0.15) is 20.8 Å². The first-order chi connectivity index (χ1) is 13.6. The van der Waals surface area contributed by atoms with Crippen molar-refractivity contribution in [1.82, 2.24) is 0 Å². The molecule has 0 aliphatic rings. The lowest BCUT2D eigenvalue weighted by Gasteiger charge is -2.45. The molecule has 0 aliphatic heterocycles. The zero-order valence-corrected chi connectivity index (χ0v) is 18.5. The van der Waals surface area contributed by atoms with E-state index in [-0.39, 0.29) is 0 Å². The van der Waals surface area contributed by atoms with Crippen LogP contribution in [-0.4, -0.2) is 34.5 Å². The molecule has 2 aromatic carbocycles. The van der Waals surface area contributed by atoms with Gasteiger partial charge in [-0.1, -0.05) is 91.8 Å². The summed E-state index contributed by atoms with van der Waals surface area (Å²) in [5.41, 5.74) is -5.76. The second-order valence-corrected chi connectivity index (χ2v) is 14.5. The Hall–Kier alpha value is -1.78. The minimum absolute atomic E-state index is 0.669. The van der Waals surface area contributed by atoms with Crippen LogP contribution >= 0.6 is 0 Å². The summed E-state index contributed by atoms with van der Waals surface area (Å²) in [4.78, 5) is 0. The van der Waals surface area contributed by atoms with Crippen molar-refractivity contribution in [2.75, 3.05) is 6.61 Å². The predicted molar refractivity (Wildman–Crippen MR) is 108 cm³/mol. The molecule has 0 aliphatic carbocycles. The Morgan fingerprint density at radius 1 is 0.800 bits per heavy atom. The minimum Gasteiger partial charge on any atom is -0.257 e. The third-order valence-electron chi connectivity index (χ3n) is 5.05. The van der Waals surface area contributed by atoms with E-state index in [9.17, 15) is 21.6 Å². The van der Waals surface area contributed by atoms with E-state index in [2.05, 4.69) is 4.18 Å². The van der Waals surface area contributed by atoms with Crippen molar-refractivity contribution in [3.63, 3.8) is 0 Å². The molecule has 0 saturated heterocycles. The maximum atomic E-state index is 15.0. The van der Waals surface area contributed by atoms with Crippen LogP contribution in [-0.2, 0) is 14.3 Å². The summed E-state index contributed by atoms with van der Waals surface area (Å²) >= 11 is 0. The molecule has 166 valence electrons. The quantitative estimate of drug-likeness (QED) is 0.260. The molecule has 2 aromatic rings. The molecular formula is C20H23F5O3SSi. The van der Waals surface area contributed by atoms with Crippen LogP contribution in [0.15, 0.2) is 60.7 Å². The lowest BCUT2D eigenvalue weighted by molar-refractivity contribution is -0.0672. The van der Waals surface area contributed by atoms with Crippen LogP contribution in [0, 0.1) is 0 Å². The summed E-state index contributed by atoms with van der Waals surface area (Å²) < 4.78 is 93.6. The average molecular weight is 467 g/mol. The first-order valence-corrected chi connectivity index (χ1v) is 12.7. The van der Waals surface area contributed by atoms with Gasteiger partial charge < -0.3 is 0 Å². The van der Waals surface area contributed by atoms with Crippen molar-refractivity contribution in [1.29, 1.82) is 0 Å². The number of benzene rings is 2. The van der Waals surface area contributed by atoms with Gasteiger partial charge in [-0.15, -0.1) is 0 Å². The smallest absolute Gasteiger partial charge is 0.257 e. The van der Waals surface area contributed by atoms with Crippen molar-refractivity contribution in [2.45, 2.75) is 43.3 Å². The highest BCUT2D eigenvalue weighted by Crippen LogP contribution is 2.43. The molecule has 10 heteroatoms. The first kappa shape index (κ1) is 24.5. The van der Waals surface area contributed by atoms with Gasteiger partial charge in [0, 0.05) is 6.04 Å². The monoisotopic (exact) mass is 466 g/mol. The summed E-state index contributed by atoms with van der Waals surface area (Å²) in [5, 5.41) is 0.659. The van der Waals surface area contributed by atoms with Gasteiger partial charge in [0.15, 0.2) is 0 Å². The minimum atomic E-state index is -6.12. The Kier molecular flexibility index (Phi) is 6.85. The normalized spacial score (nSPS) is 14.0. The Morgan fingerprint density at radius 3 is 1.53 bits per heavy atom. The Labute approximate surface area is 174 Å². The molecule has 0 heterocycles. The van der Waals surface area contributed by atoms with E-state index in [4.69, 9.17) is 0 Å². The van der Waals surface area contributed by atoms with Crippen LogP contribution in [0.2, 0.25) is 11.1 Å². The zero-order chi connectivity index (χ0) is 22.8. The number of halogens is 5. The number of rotatable bonds is 7.